The van der Waals surface area contributed by atoms with E-state index in [1.807, 2.05) is 0 Å². The zero-order valence-corrected chi connectivity index (χ0v) is 8.29. The van der Waals surface area contributed by atoms with E-state index in [0.29, 0.717) is 13.0 Å². The lowest BCUT2D eigenvalue weighted by atomic mass is 10.2. The number of rotatable bonds is 5. The predicted octanol–water partition coefficient (Wildman–Crippen LogP) is 2.35. The Morgan fingerprint density at radius 3 is 2.36 bits per heavy atom. The van der Waals surface area contributed by atoms with Crippen LogP contribution >= 0.6 is 34.8 Å². The topological polar surface area (TPSA) is 26.3 Å². The molecular formula is C6H9Cl3O2. The second-order valence-corrected chi connectivity index (χ2v) is 3.54. The van der Waals surface area contributed by atoms with Crippen molar-refractivity contribution in [3.8, 4) is 0 Å². The molecule has 1 atom stereocenters. The van der Waals surface area contributed by atoms with Gasteiger partial charge < -0.3 is 4.74 Å². The Labute approximate surface area is 80.7 Å². The van der Waals surface area contributed by atoms with Crippen molar-refractivity contribution in [2.75, 3.05) is 6.61 Å². The van der Waals surface area contributed by atoms with Crippen LogP contribution in [0.2, 0.25) is 0 Å². The summed E-state index contributed by atoms with van der Waals surface area (Å²) in [5.41, 5.74) is 0. The normalized spacial score (nSPS) is 13.5. The molecule has 66 valence electrons. The fraction of sp³-hybridized carbons (Fsp3) is 0.833. The van der Waals surface area contributed by atoms with Crippen LogP contribution in [0.3, 0.4) is 0 Å². The van der Waals surface area contributed by atoms with E-state index in [0.717, 1.165) is 0 Å². The molecule has 1 unspecified atom stereocenters. The summed E-state index contributed by atoms with van der Waals surface area (Å²) in [6, 6.07) is 0. The minimum Gasteiger partial charge on any atom is -0.349 e. The number of ketones is 1. The van der Waals surface area contributed by atoms with Gasteiger partial charge in [-0.1, -0.05) is 23.2 Å². The molecule has 0 saturated heterocycles. The molecule has 0 bridgehead atoms. The minimum atomic E-state index is -0.842. The van der Waals surface area contributed by atoms with Crippen molar-refractivity contribution in [1.82, 2.24) is 0 Å². The van der Waals surface area contributed by atoms with E-state index in [2.05, 4.69) is 0 Å². The minimum absolute atomic E-state index is 0.0732. The zero-order chi connectivity index (χ0) is 8.85. The molecule has 0 aromatic carbocycles. The molecule has 0 radical (unpaired) electrons. The monoisotopic (exact) mass is 218 g/mol. The number of hydrogen-bond acceptors (Lipinski definition) is 2. The number of ether oxygens (including phenoxy) is 1. The van der Waals surface area contributed by atoms with Gasteiger partial charge in [-0.3, -0.25) is 4.79 Å². The summed E-state index contributed by atoms with van der Waals surface area (Å²) in [5, 5.41) is -1.34. The Bertz CT molecular complexity index is 127. The van der Waals surface area contributed by atoms with Crippen LogP contribution in [0.1, 0.15) is 13.3 Å². The third kappa shape index (κ3) is 6.88. The Balaban J connectivity index is 3.31. The van der Waals surface area contributed by atoms with Crippen LogP contribution in [0.25, 0.3) is 0 Å². The van der Waals surface area contributed by atoms with Crippen molar-refractivity contribution < 1.29 is 9.53 Å². The third-order valence-electron chi connectivity index (χ3n) is 1.06. The summed E-state index contributed by atoms with van der Waals surface area (Å²) >= 11 is 16.1. The molecule has 0 aliphatic rings. The van der Waals surface area contributed by atoms with E-state index in [1.54, 1.807) is 0 Å². The zero-order valence-electron chi connectivity index (χ0n) is 6.02. The molecule has 0 aliphatic carbocycles. The van der Waals surface area contributed by atoms with Crippen LogP contribution in [-0.4, -0.2) is 22.8 Å². The second-order valence-electron chi connectivity index (χ2n) is 2.00. The molecular weight excluding hydrogens is 210 g/mol. The number of hydrogen-bond donors (Lipinski definition) is 0. The smallest absolute Gasteiger partial charge is 0.206 e. The number of carbonyl (C=O) groups is 1. The average molecular weight is 219 g/mol. The Hall–Kier alpha value is 0.500. The largest absolute Gasteiger partial charge is 0.349 e. The van der Waals surface area contributed by atoms with E-state index in [9.17, 15) is 4.79 Å². The van der Waals surface area contributed by atoms with Crippen LogP contribution in [0.15, 0.2) is 0 Å². The van der Waals surface area contributed by atoms with Crippen LogP contribution in [-0.2, 0) is 9.53 Å². The second kappa shape index (κ2) is 6.06. The van der Waals surface area contributed by atoms with Crippen molar-refractivity contribution in [3.63, 3.8) is 0 Å². The summed E-state index contributed by atoms with van der Waals surface area (Å²) in [6.07, 6.45) is 0.437. The van der Waals surface area contributed by atoms with Crippen LogP contribution in [0.4, 0.5) is 0 Å². The first-order valence-electron chi connectivity index (χ1n) is 3.08. The number of Topliss-reactive ketones (excluding diaryl/α,β-unsaturated/α-hetero) is 1. The van der Waals surface area contributed by atoms with Gasteiger partial charge in [0.15, 0.2) is 0 Å². The van der Waals surface area contributed by atoms with Crippen molar-refractivity contribution in [2.45, 2.75) is 23.7 Å². The van der Waals surface area contributed by atoms with Crippen molar-refractivity contribution >= 4 is 40.6 Å². The first-order valence-corrected chi connectivity index (χ1v) is 4.39. The highest BCUT2D eigenvalue weighted by atomic mass is 35.5. The molecule has 0 saturated carbocycles. The molecule has 0 fully saturated rings. The van der Waals surface area contributed by atoms with Gasteiger partial charge >= 0.3 is 0 Å². The Morgan fingerprint density at radius 1 is 1.45 bits per heavy atom. The van der Waals surface area contributed by atoms with Gasteiger partial charge in [-0.15, -0.1) is 11.6 Å². The van der Waals surface area contributed by atoms with Gasteiger partial charge in [-0.25, -0.2) is 0 Å². The maximum Gasteiger partial charge on any atom is 0.206 e. The van der Waals surface area contributed by atoms with Gasteiger partial charge in [-0.2, -0.15) is 0 Å². The van der Waals surface area contributed by atoms with Crippen LogP contribution in [0.5, 0.6) is 0 Å². The molecule has 0 aromatic rings. The van der Waals surface area contributed by atoms with Crippen LogP contribution < -0.4 is 0 Å². The van der Waals surface area contributed by atoms with Gasteiger partial charge in [0.05, 0.1) is 12.0 Å². The molecule has 0 aliphatic heterocycles. The lowest BCUT2D eigenvalue weighted by Gasteiger charge is -2.06. The van der Waals surface area contributed by atoms with E-state index >= 15 is 0 Å². The van der Waals surface area contributed by atoms with Gasteiger partial charge in [0, 0.05) is 0 Å². The van der Waals surface area contributed by atoms with Gasteiger partial charge in [-0.05, 0) is 13.3 Å². The molecule has 0 rings (SSSR count). The Morgan fingerprint density at radius 2 is 2.00 bits per heavy atom. The predicted molar refractivity (Wildman–Crippen MR) is 46.4 cm³/mol. The molecule has 5 heteroatoms. The van der Waals surface area contributed by atoms with Gasteiger partial charge in [0.2, 0.25) is 5.02 Å². The molecule has 2 nitrogen and oxygen atoms in total. The summed E-state index contributed by atoms with van der Waals surface area (Å²) in [4.78, 5) is 10.6. The van der Waals surface area contributed by atoms with Crippen molar-refractivity contribution in [3.05, 3.63) is 0 Å². The lowest BCUT2D eigenvalue weighted by Crippen LogP contribution is -2.13. The van der Waals surface area contributed by atoms with Crippen molar-refractivity contribution in [2.24, 2.45) is 0 Å². The standard InChI is InChI=1S/C6H9Cl3O2/c1-4(10)5(7)2-3-11-6(8)9/h5-6H,2-3H2,1H3. The van der Waals surface area contributed by atoms with Crippen molar-refractivity contribution in [1.29, 1.82) is 0 Å². The third-order valence-corrected chi connectivity index (χ3v) is 1.83. The summed E-state index contributed by atoms with van der Waals surface area (Å²) in [5.74, 6) is -0.0732. The first-order chi connectivity index (χ1) is 5.04. The van der Waals surface area contributed by atoms with Crippen LogP contribution in [0, 0.1) is 0 Å². The maximum absolute atomic E-state index is 10.6. The molecule has 0 spiro atoms. The molecule has 0 N–H and O–H groups in total. The van der Waals surface area contributed by atoms with E-state index < -0.39 is 10.4 Å². The summed E-state index contributed by atoms with van der Waals surface area (Å²) < 4.78 is 4.76. The van der Waals surface area contributed by atoms with Gasteiger partial charge in [0.25, 0.3) is 0 Å². The van der Waals surface area contributed by atoms with Gasteiger partial charge in [0.1, 0.15) is 5.78 Å². The molecule has 0 aromatic heterocycles. The maximum atomic E-state index is 10.6. The van der Waals surface area contributed by atoms with E-state index in [4.69, 9.17) is 39.5 Å². The number of carbonyl (C=O) groups excluding carboxylic acids is 1. The molecule has 0 heterocycles. The Kier molecular flexibility index (Phi) is 6.34. The lowest BCUT2D eigenvalue weighted by molar-refractivity contribution is -0.117. The fourth-order valence-electron chi connectivity index (χ4n) is 0.464. The summed E-state index contributed by atoms with van der Waals surface area (Å²) in [7, 11) is 0. The average Bonchev–Trinajstić information content (AvgIpc) is 1.86. The molecule has 11 heavy (non-hydrogen) atoms. The fourth-order valence-corrected chi connectivity index (χ4v) is 0.731. The number of halogens is 3. The van der Waals surface area contributed by atoms with E-state index in [1.165, 1.54) is 6.92 Å². The first kappa shape index (κ1) is 11.5. The van der Waals surface area contributed by atoms with E-state index in [-0.39, 0.29) is 5.78 Å². The highest BCUT2D eigenvalue weighted by Gasteiger charge is 2.10. The highest BCUT2D eigenvalue weighted by Crippen LogP contribution is 2.08. The number of alkyl halides is 3. The molecule has 0 amide bonds. The highest BCUT2D eigenvalue weighted by molar-refractivity contribution is 6.43. The SMILES string of the molecule is CC(=O)C(Cl)CCOC(Cl)Cl. The quantitative estimate of drug-likeness (QED) is 0.664. The summed E-state index contributed by atoms with van der Waals surface area (Å²) in [6.45, 7) is 1.72.